The van der Waals surface area contributed by atoms with Crippen molar-refractivity contribution >= 4 is 29.5 Å². The van der Waals surface area contributed by atoms with Gasteiger partial charge in [0, 0.05) is 4.91 Å². The van der Waals surface area contributed by atoms with Crippen LogP contribution in [-0.2, 0) is 39.9 Å². The Morgan fingerprint density at radius 3 is 1.73 bits per heavy atom. The molecule has 1 fully saturated rings. The van der Waals surface area contributed by atoms with Crippen molar-refractivity contribution in [1.82, 2.24) is 16.0 Å². The maximum atomic E-state index is 13.6. The quantitative estimate of drug-likeness (QED) is 0.0565. The van der Waals surface area contributed by atoms with Gasteiger partial charge in [0.15, 0.2) is 0 Å². The minimum Gasteiger partial charge on any atom is -0.466 e. The van der Waals surface area contributed by atoms with Crippen LogP contribution in [-0.4, -0.2) is 73.0 Å². The van der Waals surface area contributed by atoms with E-state index in [1.807, 2.05) is 59.7 Å². The molecule has 0 saturated carbocycles. The summed E-state index contributed by atoms with van der Waals surface area (Å²) in [6.07, 6.45) is 0.891. The van der Waals surface area contributed by atoms with Gasteiger partial charge in [0.2, 0.25) is 29.1 Å². The molecule has 1 aromatic carbocycles. The van der Waals surface area contributed by atoms with Gasteiger partial charge in [0.1, 0.15) is 18.1 Å². The van der Waals surface area contributed by atoms with E-state index in [9.17, 15) is 24.0 Å². The lowest BCUT2D eigenvalue weighted by Crippen LogP contribution is -2.58. The van der Waals surface area contributed by atoms with Gasteiger partial charge in [-0.1, -0.05) is 77.0 Å². The lowest BCUT2D eigenvalue weighted by atomic mass is 9.91. The zero-order valence-corrected chi connectivity index (χ0v) is 26.7. The maximum Gasteiger partial charge on any atom is 0.348 e. The number of esters is 1. The molecule has 2 rings (SSSR count). The van der Waals surface area contributed by atoms with Crippen LogP contribution in [0.4, 0.5) is 0 Å². The van der Waals surface area contributed by atoms with Gasteiger partial charge >= 0.3 is 5.97 Å². The van der Waals surface area contributed by atoms with Crippen LogP contribution in [0, 0.1) is 17.8 Å². The summed E-state index contributed by atoms with van der Waals surface area (Å²) in [7, 11) is 1.16. The van der Waals surface area contributed by atoms with E-state index in [4.69, 9.17) is 15.0 Å². The van der Waals surface area contributed by atoms with Crippen LogP contribution in [0.1, 0.15) is 66.4 Å². The van der Waals surface area contributed by atoms with Crippen molar-refractivity contribution in [2.45, 2.75) is 97.0 Å². The van der Waals surface area contributed by atoms with Crippen LogP contribution >= 0.6 is 0 Å². The van der Waals surface area contributed by atoms with Gasteiger partial charge in [-0.2, -0.15) is 0 Å². The predicted molar refractivity (Wildman–Crippen MR) is 163 cm³/mol. The van der Waals surface area contributed by atoms with Crippen LogP contribution in [0.15, 0.2) is 35.4 Å². The molecule has 0 spiro atoms. The first-order chi connectivity index (χ1) is 20.7. The monoisotopic (exact) mass is 614 g/mol. The number of amides is 3. The summed E-state index contributed by atoms with van der Waals surface area (Å²) in [5.74, 6) is -3.26. The van der Waals surface area contributed by atoms with Gasteiger partial charge in [-0.15, -0.1) is 0 Å². The molecule has 0 radical (unpaired) electrons. The summed E-state index contributed by atoms with van der Waals surface area (Å²) in [5, 5.41) is 11.9. The number of methoxy groups -OCH3 is 1. The highest BCUT2D eigenvalue weighted by Crippen LogP contribution is 2.32. The zero-order valence-electron chi connectivity index (χ0n) is 26.7. The van der Waals surface area contributed by atoms with Crippen molar-refractivity contribution in [3.05, 3.63) is 46.3 Å². The van der Waals surface area contributed by atoms with E-state index in [-0.39, 0.29) is 50.0 Å². The second-order valence-electron chi connectivity index (χ2n) is 12.5. The van der Waals surface area contributed by atoms with Gasteiger partial charge in [-0.25, -0.2) is 4.79 Å². The van der Waals surface area contributed by atoms with E-state index in [1.54, 1.807) is 12.1 Å². The summed E-state index contributed by atoms with van der Waals surface area (Å²) in [6.45, 7) is 11.2. The molecule has 13 heteroatoms. The Balaban J connectivity index is 2.25. The van der Waals surface area contributed by atoms with Gasteiger partial charge in [-0.3, -0.25) is 19.2 Å². The Kier molecular flexibility index (Phi) is 13.8. The van der Waals surface area contributed by atoms with Gasteiger partial charge in [-0.05, 0) is 54.5 Å². The number of nitrogens with zero attached hydrogens (tertiary/aromatic N) is 3. The van der Waals surface area contributed by atoms with E-state index in [1.165, 1.54) is 0 Å². The Bertz CT molecular complexity index is 1210. The smallest absolute Gasteiger partial charge is 0.348 e. The summed E-state index contributed by atoms with van der Waals surface area (Å²) in [6, 6.07) is 4.86. The summed E-state index contributed by atoms with van der Waals surface area (Å²) < 4.78 is 9.96. The van der Waals surface area contributed by atoms with Crippen LogP contribution in [0.25, 0.3) is 10.4 Å². The van der Waals surface area contributed by atoms with E-state index < -0.39 is 59.2 Å². The molecule has 44 heavy (non-hydrogen) atoms. The number of carbonyl (C=O) groups is 5. The summed E-state index contributed by atoms with van der Waals surface area (Å²) in [5.41, 5.74) is 8.12. The number of hydrogen-bond acceptors (Lipinski definition) is 8. The molecular formula is C31H46N6O7. The van der Waals surface area contributed by atoms with Gasteiger partial charge < -0.3 is 25.4 Å². The minimum atomic E-state index is -1.74. The topological polar surface area (TPSA) is 192 Å². The molecule has 0 unspecified atom stereocenters. The van der Waals surface area contributed by atoms with E-state index in [0.717, 1.165) is 12.7 Å². The fourth-order valence-corrected chi connectivity index (χ4v) is 4.89. The van der Waals surface area contributed by atoms with Crippen molar-refractivity contribution < 1.29 is 33.4 Å². The first-order valence-electron chi connectivity index (χ1n) is 15.0. The molecule has 242 valence electrons. The molecule has 1 aliphatic heterocycles. The van der Waals surface area contributed by atoms with E-state index >= 15 is 0 Å². The third-order valence-electron chi connectivity index (χ3n) is 7.13. The molecule has 1 heterocycles. The zero-order chi connectivity index (χ0) is 33.0. The number of nitrogens with one attached hydrogen (secondary N) is 3. The normalized spacial score (nSPS) is 18.4. The lowest BCUT2D eigenvalue weighted by molar-refractivity contribution is -0.152. The third kappa shape index (κ3) is 10.6. The average molecular weight is 615 g/mol. The standard InChI is InChI=1S/C31H46N6O7/c1-18(2)13-22(26(38)31(17-44-31)30(42)43-7)33-27(39)23(14-19(3)4)34-28(40)24(15-20(5)6)35-29(41)25(36-37-32)16-21-11-9-8-10-12-21/h8-12,18-20,22-25H,13-17H2,1-7H3,(H,33,39)(H,34,40)(H,35,41)/t22-,23-,24-,25-,31+/m0/s1. The number of azide groups is 1. The molecule has 13 nitrogen and oxygen atoms in total. The number of ketones is 1. The number of Topliss-reactive ketones (excluding diaryl/α,β-unsaturated/α-hetero) is 1. The Labute approximate surface area is 258 Å². The molecule has 0 aromatic heterocycles. The fourth-order valence-electron chi connectivity index (χ4n) is 4.89. The Morgan fingerprint density at radius 2 is 1.30 bits per heavy atom. The molecule has 0 aliphatic carbocycles. The molecule has 1 aliphatic rings. The summed E-state index contributed by atoms with van der Waals surface area (Å²) in [4.78, 5) is 68.8. The molecule has 1 saturated heterocycles. The van der Waals surface area contributed by atoms with Crippen molar-refractivity contribution in [1.29, 1.82) is 0 Å². The highest BCUT2D eigenvalue weighted by Gasteiger charge is 2.62. The number of carbonyl (C=O) groups excluding carboxylic acids is 5. The molecule has 3 amide bonds. The van der Waals surface area contributed by atoms with Crippen LogP contribution in [0.2, 0.25) is 0 Å². The fraction of sp³-hybridized carbons (Fsp3) is 0.645. The Morgan fingerprint density at radius 1 is 0.841 bits per heavy atom. The minimum absolute atomic E-state index is 0.00318. The van der Waals surface area contributed by atoms with E-state index in [2.05, 4.69) is 26.0 Å². The van der Waals surface area contributed by atoms with E-state index in [0.29, 0.717) is 0 Å². The lowest BCUT2D eigenvalue weighted by Gasteiger charge is -2.28. The molecule has 0 bridgehead atoms. The van der Waals surface area contributed by atoms with Crippen molar-refractivity contribution in [3.63, 3.8) is 0 Å². The second-order valence-corrected chi connectivity index (χ2v) is 12.5. The third-order valence-corrected chi connectivity index (χ3v) is 7.13. The first kappa shape index (κ1) is 36.2. The van der Waals surface area contributed by atoms with Crippen LogP contribution in [0.5, 0.6) is 0 Å². The summed E-state index contributed by atoms with van der Waals surface area (Å²) >= 11 is 0. The number of hydrogen-bond donors (Lipinski definition) is 3. The van der Waals surface area contributed by atoms with Gasteiger partial charge in [0.05, 0.1) is 19.8 Å². The number of ether oxygens (including phenoxy) is 2. The Hall–Kier alpha value is -3.96. The molecular weight excluding hydrogens is 568 g/mol. The number of rotatable bonds is 18. The molecule has 1 aromatic rings. The first-order valence-corrected chi connectivity index (χ1v) is 15.0. The highest BCUT2D eigenvalue weighted by molar-refractivity contribution is 6.13. The largest absolute Gasteiger partial charge is 0.466 e. The van der Waals surface area contributed by atoms with Crippen molar-refractivity contribution in [2.75, 3.05) is 13.7 Å². The maximum absolute atomic E-state index is 13.6. The molecule has 3 N–H and O–H groups in total. The van der Waals surface area contributed by atoms with Gasteiger partial charge in [0.25, 0.3) is 0 Å². The molecule has 5 atom stereocenters. The van der Waals surface area contributed by atoms with Crippen LogP contribution < -0.4 is 16.0 Å². The predicted octanol–water partition coefficient (Wildman–Crippen LogP) is 3.01. The van der Waals surface area contributed by atoms with Crippen LogP contribution in [0.3, 0.4) is 0 Å². The highest BCUT2D eigenvalue weighted by atomic mass is 16.6. The van der Waals surface area contributed by atoms with Crippen molar-refractivity contribution in [3.8, 4) is 0 Å². The number of epoxide rings is 1. The second kappa shape index (κ2) is 16.8. The van der Waals surface area contributed by atoms with Crippen molar-refractivity contribution in [2.24, 2.45) is 22.9 Å². The number of benzene rings is 1. The average Bonchev–Trinajstić information content (AvgIpc) is 3.77. The SMILES string of the molecule is COC(=O)[C@]1(C(=O)[C@H](CC(C)C)NC(=O)[C@H](CC(C)C)NC(=O)[C@H](CC(C)C)NC(=O)[C@H](Cc2ccccc2)N=[N+]=[N-])CO1.